The fourth-order valence-electron chi connectivity index (χ4n) is 3.26. The van der Waals surface area contributed by atoms with Crippen LogP contribution in [0.4, 0.5) is 0 Å². The van der Waals surface area contributed by atoms with Gasteiger partial charge in [0.2, 0.25) is 15.9 Å². The van der Waals surface area contributed by atoms with Crippen molar-refractivity contribution in [2.45, 2.75) is 37.7 Å². The molecule has 2 aromatic rings. The van der Waals surface area contributed by atoms with Crippen molar-refractivity contribution in [2.75, 3.05) is 13.1 Å². The standard InChI is InChI=1S/C21H26N4O5S/c1-15(2)30-18-7-5-16(6-8-18)20(26)23-24-21(27)17-9-12-25(13-10-17)31(28,29)19-4-3-11-22-14-19/h3-8,11,14-15,17H,9-10,12-13H2,1-2H3,(H,23,26)(H,24,27). The zero-order valence-electron chi connectivity index (χ0n) is 17.4. The number of hydrogen-bond donors (Lipinski definition) is 2. The van der Waals surface area contributed by atoms with Gasteiger partial charge in [0.05, 0.1) is 6.10 Å². The predicted molar refractivity (Wildman–Crippen MR) is 114 cm³/mol. The molecular formula is C21H26N4O5S. The summed E-state index contributed by atoms with van der Waals surface area (Å²) in [4.78, 5) is 28.6. The number of ether oxygens (including phenoxy) is 1. The smallest absolute Gasteiger partial charge is 0.269 e. The molecule has 2 amide bonds. The van der Waals surface area contributed by atoms with Crippen molar-refractivity contribution < 1.29 is 22.7 Å². The summed E-state index contributed by atoms with van der Waals surface area (Å²) in [6.07, 6.45) is 3.58. The van der Waals surface area contributed by atoms with E-state index in [2.05, 4.69) is 15.8 Å². The van der Waals surface area contributed by atoms with E-state index in [9.17, 15) is 18.0 Å². The van der Waals surface area contributed by atoms with Crippen LogP contribution in [0.25, 0.3) is 0 Å². The summed E-state index contributed by atoms with van der Waals surface area (Å²) in [7, 11) is -3.63. The van der Waals surface area contributed by atoms with Crippen molar-refractivity contribution >= 4 is 21.8 Å². The highest BCUT2D eigenvalue weighted by Gasteiger charge is 2.32. The number of amides is 2. The number of carbonyl (C=O) groups is 2. The van der Waals surface area contributed by atoms with Crippen LogP contribution in [-0.2, 0) is 14.8 Å². The Labute approximate surface area is 181 Å². The number of hydrazine groups is 1. The van der Waals surface area contributed by atoms with Crippen molar-refractivity contribution in [3.8, 4) is 5.75 Å². The lowest BCUT2D eigenvalue weighted by Crippen LogP contribution is -2.48. The number of rotatable bonds is 6. The molecule has 10 heteroatoms. The van der Waals surface area contributed by atoms with Crippen molar-refractivity contribution in [1.29, 1.82) is 0 Å². The molecule has 2 N–H and O–H groups in total. The number of nitrogens with zero attached hydrogens (tertiary/aromatic N) is 2. The van der Waals surface area contributed by atoms with Crippen LogP contribution < -0.4 is 15.6 Å². The minimum atomic E-state index is -3.63. The molecule has 2 heterocycles. The number of aromatic nitrogens is 1. The van der Waals surface area contributed by atoms with Gasteiger partial charge in [-0.2, -0.15) is 4.31 Å². The number of sulfonamides is 1. The Morgan fingerprint density at radius 1 is 1.10 bits per heavy atom. The Hall–Kier alpha value is -2.98. The van der Waals surface area contributed by atoms with E-state index >= 15 is 0 Å². The minimum absolute atomic E-state index is 0.0322. The van der Waals surface area contributed by atoms with Crippen LogP contribution in [0.2, 0.25) is 0 Å². The highest BCUT2D eigenvalue weighted by molar-refractivity contribution is 7.89. The minimum Gasteiger partial charge on any atom is -0.491 e. The van der Waals surface area contributed by atoms with E-state index in [4.69, 9.17) is 4.74 Å². The lowest BCUT2D eigenvalue weighted by molar-refractivity contribution is -0.126. The van der Waals surface area contributed by atoms with Crippen LogP contribution in [0.15, 0.2) is 53.7 Å². The quantitative estimate of drug-likeness (QED) is 0.653. The zero-order valence-corrected chi connectivity index (χ0v) is 18.3. The van der Waals surface area contributed by atoms with E-state index in [-0.39, 0.29) is 35.9 Å². The van der Waals surface area contributed by atoms with Gasteiger partial charge in [0.15, 0.2) is 0 Å². The molecule has 1 fully saturated rings. The second kappa shape index (κ2) is 9.88. The molecule has 1 aliphatic rings. The molecule has 1 aromatic heterocycles. The van der Waals surface area contributed by atoms with Crippen LogP contribution in [0.1, 0.15) is 37.0 Å². The first-order valence-electron chi connectivity index (χ1n) is 10.0. The molecule has 1 saturated heterocycles. The van der Waals surface area contributed by atoms with Crippen molar-refractivity contribution in [1.82, 2.24) is 20.1 Å². The van der Waals surface area contributed by atoms with E-state index in [0.29, 0.717) is 24.2 Å². The average molecular weight is 447 g/mol. The first-order valence-corrected chi connectivity index (χ1v) is 11.5. The number of benzene rings is 1. The molecule has 3 rings (SSSR count). The molecule has 0 unspecified atom stereocenters. The Morgan fingerprint density at radius 3 is 2.35 bits per heavy atom. The maximum atomic E-state index is 12.6. The number of carbonyl (C=O) groups excluding carboxylic acids is 2. The van der Waals surface area contributed by atoms with Crippen LogP contribution in [0.3, 0.4) is 0 Å². The fraction of sp³-hybridized carbons (Fsp3) is 0.381. The van der Waals surface area contributed by atoms with Gasteiger partial charge < -0.3 is 4.74 Å². The Bertz CT molecular complexity index is 1000. The van der Waals surface area contributed by atoms with Gasteiger partial charge in [0, 0.05) is 37.0 Å². The Balaban J connectivity index is 1.48. The third-order valence-corrected chi connectivity index (χ3v) is 6.77. The first kappa shape index (κ1) is 22.7. The second-order valence-electron chi connectivity index (χ2n) is 7.50. The number of pyridine rings is 1. The molecule has 166 valence electrons. The predicted octanol–water partition coefficient (Wildman–Crippen LogP) is 1.73. The summed E-state index contributed by atoms with van der Waals surface area (Å²) in [6, 6.07) is 9.67. The molecule has 0 aliphatic carbocycles. The topological polar surface area (TPSA) is 118 Å². The summed E-state index contributed by atoms with van der Waals surface area (Å²) in [5, 5.41) is 0. The van der Waals surface area contributed by atoms with Crippen molar-refractivity contribution in [3.63, 3.8) is 0 Å². The normalized spacial score (nSPS) is 15.5. The lowest BCUT2D eigenvalue weighted by atomic mass is 9.98. The van der Waals surface area contributed by atoms with E-state index in [1.54, 1.807) is 30.3 Å². The largest absolute Gasteiger partial charge is 0.491 e. The molecule has 9 nitrogen and oxygen atoms in total. The highest BCUT2D eigenvalue weighted by Crippen LogP contribution is 2.23. The number of piperidine rings is 1. The summed E-state index contributed by atoms with van der Waals surface area (Å²) in [5.74, 6) is -0.515. The maximum Gasteiger partial charge on any atom is 0.269 e. The molecule has 1 aliphatic heterocycles. The van der Waals surface area contributed by atoms with Gasteiger partial charge in [-0.25, -0.2) is 8.42 Å². The number of nitrogens with one attached hydrogen (secondary N) is 2. The summed E-state index contributed by atoms with van der Waals surface area (Å²) >= 11 is 0. The molecule has 0 radical (unpaired) electrons. The van der Waals surface area contributed by atoms with Gasteiger partial charge in [-0.15, -0.1) is 0 Å². The van der Waals surface area contributed by atoms with Gasteiger partial charge in [0.25, 0.3) is 5.91 Å². The third kappa shape index (κ3) is 5.80. The molecule has 0 spiro atoms. The van der Waals surface area contributed by atoms with Crippen LogP contribution in [0, 0.1) is 5.92 Å². The van der Waals surface area contributed by atoms with Crippen LogP contribution in [-0.4, -0.2) is 48.7 Å². The zero-order chi connectivity index (χ0) is 22.4. The summed E-state index contributed by atoms with van der Waals surface area (Å²) in [6.45, 7) is 4.27. The van der Waals surface area contributed by atoms with Crippen molar-refractivity contribution in [3.05, 3.63) is 54.4 Å². The monoisotopic (exact) mass is 446 g/mol. The van der Waals surface area contributed by atoms with E-state index < -0.39 is 15.9 Å². The lowest BCUT2D eigenvalue weighted by Gasteiger charge is -2.30. The van der Waals surface area contributed by atoms with Gasteiger partial charge in [-0.05, 0) is 63.1 Å². The van der Waals surface area contributed by atoms with Crippen LogP contribution in [0.5, 0.6) is 5.75 Å². The first-order chi connectivity index (χ1) is 14.8. The van der Waals surface area contributed by atoms with Crippen molar-refractivity contribution in [2.24, 2.45) is 5.92 Å². The molecule has 1 aromatic carbocycles. The van der Waals surface area contributed by atoms with E-state index in [1.165, 1.54) is 22.8 Å². The number of hydrogen-bond acceptors (Lipinski definition) is 6. The summed E-state index contributed by atoms with van der Waals surface area (Å²) < 4.78 is 32.2. The molecule has 0 saturated carbocycles. The van der Waals surface area contributed by atoms with Gasteiger partial charge >= 0.3 is 0 Å². The fourth-order valence-corrected chi connectivity index (χ4v) is 4.69. The molecule has 0 atom stereocenters. The second-order valence-corrected chi connectivity index (χ2v) is 9.44. The van der Waals surface area contributed by atoms with Crippen LogP contribution >= 0.6 is 0 Å². The van der Waals surface area contributed by atoms with Gasteiger partial charge in [-0.3, -0.25) is 25.4 Å². The summed E-state index contributed by atoms with van der Waals surface area (Å²) in [5.41, 5.74) is 5.22. The molecule has 31 heavy (non-hydrogen) atoms. The van der Waals surface area contributed by atoms with Gasteiger partial charge in [0.1, 0.15) is 10.6 Å². The SMILES string of the molecule is CC(C)Oc1ccc(C(=O)NNC(=O)C2CCN(S(=O)(=O)c3cccnc3)CC2)cc1. The highest BCUT2D eigenvalue weighted by atomic mass is 32.2. The van der Waals surface area contributed by atoms with E-state index in [0.717, 1.165) is 0 Å². The Kier molecular flexibility index (Phi) is 7.24. The Morgan fingerprint density at radius 2 is 1.77 bits per heavy atom. The average Bonchev–Trinajstić information content (AvgIpc) is 2.78. The third-order valence-electron chi connectivity index (χ3n) is 4.88. The molecule has 0 bridgehead atoms. The molecular weight excluding hydrogens is 420 g/mol. The van der Waals surface area contributed by atoms with E-state index in [1.807, 2.05) is 13.8 Å². The van der Waals surface area contributed by atoms with Gasteiger partial charge in [-0.1, -0.05) is 0 Å². The maximum absolute atomic E-state index is 12.6.